The van der Waals surface area contributed by atoms with Gasteiger partial charge in [0.2, 0.25) is 0 Å². The van der Waals surface area contributed by atoms with Gasteiger partial charge in [-0.2, -0.15) is 5.26 Å². The Bertz CT molecular complexity index is 651. The summed E-state index contributed by atoms with van der Waals surface area (Å²) in [6.45, 7) is 3.89. The third-order valence-electron chi connectivity index (χ3n) is 3.16. The van der Waals surface area contributed by atoms with Crippen LogP contribution >= 0.6 is 0 Å². The van der Waals surface area contributed by atoms with Crippen LogP contribution in [0.15, 0.2) is 18.2 Å². The molecule has 0 aliphatic rings. The summed E-state index contributed by atoms with van der Waals surface area (Å²) in [5.74, 6) is 1.38. The number of hydrogen-bond acceptors (Lipinski definition) is 3. The van der Waals surface area contributed by atoms with Crippen molar-refractivity contribution < 1.29 is 9.47 Å². The van der Waals surface area contributed by atoms with Gasteiger partial charge >= 0.3 is 0 Å². The monoisotopic (exact) mass is 256 g/mol. The van der Waals surface area contributed by atoms with Crippen molar-refractivity contribution >= 4 is 0 Å². The normalized spacial score (nSPS) is 10.1. The van der Waals surface area contributed by atoms with Crippen LogP contribution in [0, 0.1) is 25.2 Å². The van der Waals surface area contributed by atoms with Gasteiger partial charge in [0.05, 0.1) is 19.8 Å². The minimum Gasteiger partial charge on any atom is -0.493 e. The zero-order valence-electron chi connectivity index (χ0n) is 11.5. The largest absolute Gasteiger partial charge is 0.493 e. The summed E-state index contributed by atoms with van der Waals surface area (Å²) in [4.78, 5) is 3.22. The van der Waals surface area contributed by atoms with Crippen molar-refractivity contribution in [2.75, 3.05) is 14.2 Å². The molecule has 1 heterocycles. The molecule has 0 saturated heterocycles. The Kier molecular flexibility index (Phi) is 3.48. The molecule has 0 radical (unpaired) electrons. The van der Waals surface area contributed by atoms with Crippen LogP contribution in [0.2, 0.25) is 0 Å². The highest BCUT2D eigenvalue weighted by Crippen LogP contribution is 2.35. The van der Waals surface area contributed by atoms with E-state index in [4.69, 9.17) is 14.7 Å². The van der Waals surface area contributed by atoms with E-state index in [1.807, 2.05) is 32.0 Å². The number of methoxy groups -OCH3 is 2. The van der Waals surface area contributed by atoms with E-state index in [9.17, 15) is 0 Å². The Morgan fingerprint density at radius 2 is 1.68 bits per heavy atom. The average molecular weight is 256 g/mol. The summed E-state index contributed by atoms with van der Waals surface area (Å²) in [7, 11) is 3.22. The molecule has 1 N–H and O–H groups in total. The predicted octanol–water partition coefficient (Wildman–Crippen LogP) is 3.19. The number of aromatic nitrogens is 1. The van der Waals surface area contributed by atoms with E-state index in [1.54, 1.807) is 14.2 Å². The number of hydrogen-bond donors (Lipinski definition) is 1. The molecule has 0 saturated carbocycles. The second kappa shape index (κ2) is 5.07. The fourth-order valence-electron chi connectivity index (χ4n) is 2.09. The Morgan fingerprint density at radius 1 is 1.05 bits per heavy atom. The number of nitrogens with one attached hydrogen (secondary N) is 1. The predicted molar refractivity (Wildman–Crippen MR) is 73.5 cm³/mol. The van der Waals surface area contributed by atoms with Gasteiger partial charge in [0.1, 0.15) is 6.07 Å². The van der Waals surface area contributed by atoms with Gasteiger partial charge in [0.15, 0.2) is 11.5 Å². The molecule has 0 fully saturated rings. The van der Waals surface area contributed by atoms with Gasteiger partial charge in [-0.3, -0.25) is 0 Å². The first kappa shape index (κ1) is 13.0. The van der Waals surface area contributed by atoms with Crippen LogP contribution in [-0.4, -0.2) is 19.2 Å². The number of rotatable bonds is 3. The quantitative estimate of drug-likeness (QED) is 0.917. The topological polar surface area (TPSA) is 58.0 Å². The van der Waals surface area contributed by atoms with E-state index < -0.39 is 0 Å². The van der Waals surface area contributed by atoms with Crippen molar-refractivity contribution in [2.24, 2.45) is 0 Å². The molecule has 4 nitrogen and oxygen atoms in total. The smallest absolute Gasteiger partial charge is 0.161 e. The minimum absolute atomic E-state index is 0.657. The summed E-state index contributed by atoms with van der Waals surface area (Å²) in [6.07, 6.45) is 0. The van der Waals surface area contributed by atoms with E-state index in [-0.39, 0.29) is 0 Å². The lowest BCUT2D eigenvalue weighted by Gasteiger charge is -2.11. The van der Waals surface area contributed by atoms with Crippen LogP contribution in [0.4, 0.5) is 0 Å². The van der Waals surface area contributed by atoms with Crippen LogP contribution in [-0.2, 0) is 0 Å². The van der Waals surface area contributed by atoms with Crippen molar-refractivity contribution in [1.82, 2.24) is 4.98 Å². The van der Waals surface area contributed by atoms with Gasteiger partial charge < -0.3 is 14.5 Å². The summed E-state index contributed by atoms with van der Waals surface area (Å²) in [5.41, 5.74) is 4.49. The van der Waals surface area contributed by atoms with Crippen LogP contribution < -0.4 is 9.47 Å². The highest BCUT2D eigenvalue weighted by atomic mass is 16.5. The van der Waals surface area contributed by atoms with Gasteiger partial charge in [-0.1, -0.05) is 0 Å². The first-order valence-corrected chi connectivity index (χ1v) is 5.93. The Hall–Kier alpha value is -2.41. The fraction of sp³-hybridized carbons (Fsp3) is 0.267. The molecule has 4 heteroatoms. The van der Waals surface area contributed by atoms with Crippen molar-refractivity contribution in [3.8, 4) is 28.8 Å². The Labute approximate surface area is 112 Å². The second-order valence-corrected chi connectivity index (χ2v) is 4.36. The fourth-order valence-corrected chi connectivity index (χ4v) is 2.09. The maximum atomic E-state index is 9.02. The van der Waals surface area contributed by atoms with Crippen molar-refractivity contribution in [3.05, 3.63) is 35.0 Å². The van der Waals surface area contributed by atoms with Gasteiger partial charge in [-0.15, -0.1) is 0 Å². The molecule has 0 bridgehead atoms. The molecule has 2 rings (SSSR count). The number of aryl methyl sites for hydroxylation is 2. The lowest BCUT2D eigenvalue weighted by Crippen LogP contribution is -1.93. The Morgan fingerprint density at radius 3 is 2.21 bits per heavy atom. The number of aromatic amines is 1. The Balaban J connectivity index is 2.58. The summed E-state index contributed by atoms with van der Waals surface area (Å²) >= 11 is 0. The lowest BCUT2D eigenvalue weighted by atomic mass is 10.0. The number of nitriles is 1. The van der Waals surface area contributed by atoms with Crippen molar-refractivity contribution in [3.63, 3.8) is 0 Å². The van der Waals surface area contributed by atoms with Crippen molar-refractivity contribution in [2.45, 2.75) is 13.8 Å². The van der Waals surface area contributed by atoms with Crippen LogP contribution in [0.1, 0.15) is 16.8 Å². The summed E-state index contributed by atoms with van der Waals surface area (Å²) < 4.78 is 10.6. The zero-order valence-corrected chi connectivity index (χ0v) is 11.5. The maximum absolute atomic E-state index is 9.02. The molecule has 0 spiro atoms. The molecule has 98 valence electrons. The lowest BCUT2D eigenvalue weighted by molar-refractivity contribution is 0.355. The van der Waals surface area contributed by atoms with E-state index >= 15 is 0 Å². The van der Waals surface area contributed by atoms with Gasteiger partial charge in [-0.25, -0.2) is 0 Å². The van der Waals surface area contributed by atoms with Gasteiger partial charge in [0.25, 0.3) is 0 Å². The third kappa shape index (κ3) is 2.27. The van der Waals surface area contributed by atoms with E-state index in [0.29, 0.717) is 17.1 Å². The molecule has 0 atom stereocenters. The molecule has 0 aliphatic carbocycles. The number of nitrogens with zero attached hydrogens (tertiary/aromatic N) is 1. The third-order valence-corrected chi connectivity index (χ3v) is 3.16. The number of ether oxygens (including phenoxy) is 2. The number of H-pyrrole nitrogens is 1. The maximum Gasteiger partial charge on any atom is 0.161 e. The molecular weight excluding hydrogens is 240 g/mol. The highest BCUT2D eigenvalue weighted by Gasteiger charge is 2.13. The second-order valence-electron chi connectivity index (χ2n) is 4.36. The van der Waals surface area contributed by atoms with Crippen LogP contribution in [0.25, 0.3) is 11.3 Å². The van der Waals surface area contributed by atoms with E-state index in [1.165, 1.54) is 0 Å². The summed E-state index contributed by atoms with van der Waals surface area (Å²) in [6, 6.07) is 7.86. The van der Waals surface area contributed by atoms with Crippen LogP contribution in [0.5, 0.6) is 11.5 Å². The molecule has 0 unspecified atom stereocenters. The molecule has 1 aromatic carbocycles. The zero-order chi connectivity index (χ0) is 14.0. The molecule has 0 amide bonds. The highest BCUT2D eigenvalue weighted by molar-refractivity contribution is 5.70. The molecule has 0 aliphatic heterocycles. The first-order valence-electron chi connectivity index (χ1n) is 5.93. The van der Waals surface area contributed by atoms with Gasteiger partial charge in [0, 0.05) is 17.0 Å². The van der Waals surface area contributed by atoms with Crippen LogP contribution in [0.3, 0.4) is 0 Å². The SMILES string of the molecule is COc1cc(C)c(-c2cc(C#N)c(C)[nH]2)cc1OC. The average Bonchev–Trinajstić information content (AvgIpc) is 2.79. The molecular formula is C15H16N2O2. The number of benzene rings is 1. The van der Waals surface area contributed by atoms with Gasteiger partial charge in [-0.05, 0) is 37.6 Å². The molecule has 2 aromatic rings. The standard InChI is InChI=1S/C15H16N2O2/c1-9-5-14(18-3)15(19-4)7-12(9)13-6-11(8-16)10(2)17-13/h5-7,17H,1-4H3. The van der Waals surface area contributed by atoms with E-state index in [0.717, 1.165) is 22.5 Å². The van der Waals surface area contributed by atoms with Crippen molar-refractivity contribution in [1.29, 1.82) is 5.26 Å². The minimum atomic E-state index is 0.657. The summed E-state index contributed by atoms with van der Waals surface area (Å²) in [5, 5.41) is 9.02. The molecule has 19 heavy (non-hydrogen) atoms. The molecule has 1 aromatic heterocycles. The first-order chi connectivity index (χ1) is 9.10. The van der Waals surface area contributed by atoms with E-state index in [2.05, 4.69) is 11.1 Å².